The van der Waals surface area contributed by atoms with Crippen molar-refractivity contribution in [2.24, 2.45) is 0 Å². The zero-order valence-electron chi connectivity index (χ0n) is 10.9. The molecular weight excluding hydrogens is 288 g/mol. The van der Waals surface area contributed by atoms with Gasteiger partial charge in [0.15, 0.2) is 6.10 Å². The first-order valence-corrected chi connectivity index (χ1v) is 6.43. The van der Waals surface area contributed by atoms with Crippen molar-refractivity contribution < 1.29 is 33.7 Å². The van der Waals surface area contributed by atoms with E-state index >= 15 is 0 Å². The van der Waals surface area contributed by atoms with Crippen LogP contribution >= 0.6 is 11.3 Å². The van der Waals surface area contributed by atoms with Crippen LogP contribution in [0.5, 0.6) is 0 Å². The summed E-state index contributed by atoms with van der Waals surface area (Å²) in [4.78, 5) is 35.0. The van der Waals surface area contributed by atoms with Gasteiger partial charge in [-0.1, -0.05) is 6.07 Å². The van der Waals surface area contributed by atoms with Crippen molar-refractivity contribution in [2.75, 3.05) is 14.2 Å². The van der Waals surface area contributed by atoms with Gasteiger partial charge in [0, 0.05) is 4.88 Å². The summed E-state index contributed by atoms with van der Waals surface area (Å²) in [5.74, 6) is -2.89. The Kier molecular flexibility index (Phi) is 6.13. The molecule has 0 bridgehead atoms. The molecular formula is C12H14O7S. The molecule has 7 nitrogen and oxygen atoms in total. The molecule has 8 heteroatoms. The Morgan fingerprint density at radius 2 is 1.90 bits per heavy atom. The van der Waals surface area contributed by atoms with E-state index in [9.17, 15) is 19.5 Å². The van der Waals surface area contributed by atoms with Gasteiger partial charge in [-0.3, -0.25) is 4.79 Å². The average molecular weight is 302 g/mol. The van der Waals surface area contributed by atoms with Crippen molar-refractivity contribution in [3.63, 3.8) is 0 Å². The Hall–Kier alpha value is -1.93. The summed E-state index contributed by atoms with van der Waals surface area (Å²) in [5.41, 5.74) is 0. The summed E-state index contributed by atoms with van der Waals surface area (Å²) in [6.45, 7) is 0. The van der Waals surface area contributed by atoms with Crippen LogP contribution in [0.25, 0.3) is 0 Å². The highest BCUT2D eigenvalue weighted by atomic mass is 32.1. The Balaban J connectivity index is 2.71. The number of carbonyl (C=O) groups excluding carboxylic acids is 3. The molecule has 1 aromatic heterocycles. The summed E-state index contributed by atoms with van der Waals surface area (Å²) in [6, 6.07) is 3.48. The molecule has 0 aliphatic rings. The van der Waals surface area contributed by atoms with Gasteiger partial charge in [-0.2, -0.15) is 0 Å². The van der Waals surface area contributed by atoms with Crippen LogP contribution in [-0.4, -0.2) is 49.4 Å². The fourth-order valence-corrected chi connectivity index (χ4v) is 2.03. The van der Waals surface area contributed by atoms with Crippen LogP contribution in [0, 0.1) is 0 Å². The standard InChI is InChI=1S/C12H14O7S/c1-17-11(15)9(14)10(12(16)18-2)19-8(13)6-7-4-3-5-20-7/h3-5,9-10,14H,6H2,1-2H3/t9-,10-/m1/s1. The van der Waals surface area contributed by atoms with Gasteiger partial charge in [0.1, 0.15) is 0 Å². The van der Waals surface area contributed by atoms with Crippen molar-refractivity contribution in [1.29, 1.82) is 0 Å². The zero-order valence-corrected chi connectivity index (χ0v) is 11.7. The number of hydrogen-bond acceptors (Lipinski definition) is 8. The molecule has 0 unspecified atom stereocenters. The predicted molar refractivity (Wildman–Crippen MR) is 67.9 cm³/mol. The smallest absolute Gasteiger partial charge is 0.350 e. The van der Waals surface area contributed by atoms with E-state index in [1.165, 1.54) is 11.3 Å². The second kappa shape index (κ2) is 7.61. The van der Waals surface area contributed by atoms with Crippen LogP contribution in [0.4, 0.5) is 0 Å². The van der Waals surface area contributed by atoms with Crippen molar-refractivity contribution in [3.05, 3.63) is 22.4 Å². The molecule has 0 aliphatic carbocycles. The van der Waals surface area contributed by atoms with Crippen molar-refractivity contribution in [2.45, 2.75) is 18.6 Å². The SMILES string of the molecule is COC(=O)[C@H](O)[C@@H](OC(=O)Cc1cccs1)C(=O)OC. The third-order valence-electron chi connectivity index (χ3n) is 2.32. The number of ether oxygens (including phenoxy) is 3. The van der Waals surface area contributed by atoms with Gasteiger partial charge in [-0.05, 0) is 11.4 Å². The van der Waals surface area contributed by atoms with Gasteiger partial charge in [0.25, 0.3) is 0 Å². The first kappa shape index (κ1) is 16.1. The summed E-state index contributed by atoms with van der Waals surface area (Å²) < 4.78 is 13.5. The number of esters is 3. The topological polar surface area (TPSA) is 99.1 Å². The minimum Gasteiger partial charge on any atom is -0.467 e. The molecule has 2 atom stereocenters. The first-order valence-electron chi connectivity index (χ1n) is 5.55. The van der Waals surface area contributed by atoms with Gasteiger partial charge in [-0.15, -0.1) is 11.3 Å². The van der Waals surface area contributed by atoms with E-state index < -0.39 is 30.1 Å². The van der Waals surface area contributed by atoms with Crippen LogP contribution in [0.2, 0.25) is 0 Å². The predicted octanol–water partition coefficient (Wildman–Crippen LogP) is -0.0907. The number of aliphatic hydroxyl groups excluding tert-OH is 1. The molecule has 1 N–H and O–H groups in total. The molecule has 1 heterocycles. The van der Waals surface area contributed by atoms with Gasteiger partial charge < -0.3 is 19.3 Å². The van der Waals surface area contributed by atoms with Gasteiger partial charge in [0.05, 0.1) is 20.6 Å². The lowest BCUT2D eigenvalue weighted by Gasteiger charge is -2.19. The average Bonchev–Trinajstić information content (AvgIpc) is 2.95. The number of methoxy groups -OCH3 is 2. The molecule has 0 amide bonds. The van der Waals surface area contributed by atoms with E-state index in [0.29, 0.717) is 0 Å². The van der Waals surface area contributed by atoms with Crippen LogP contribution < -0.4 is 0 Å². The van der Waals surface area contributed by atoms with Crippen LogP contribution in [-0.2, 0) is 35.0 Å². The lowest BCUT2D eigenvalue weighted by atomic mass is 10.2. The quantitative estimate of drug-likeness (QED) is 0.579. The highest BCUT2D eigenvalue weighted by molar-refractivity contribution is 7.10. The Bertz CT molecular complexity index is 468. The van der Waals surface area contributed by atoms with Crippen molar-refractivity contribution in [3.8, 4) is 0 Å². The van der Waals surface area contributed by atoms with E-state index in [2.05, 4.69) is 9.47 Å². The molecule has 0 fully saturated rings. The lowest BCUT2D eigenvalue weighted by Crippen LogP contribution is -2.44. The second-order valence-electron chi connectivity index (χ2n) is 3.66. The van der Waals surface area contributed by atoms with Crippen LogP contribution in [0.1, 0.15) is 4.88 Å². The molecule has 20 heavy (non-hydrogen) atoms. The minimum absolute atomic E-state index is 0.0704. The van der Waals surface area contributed by atoms with Crippen molar-refractivity contribution in [1.82, 2.24) is 0 Å². The van der Waals surface area contributed by atoms with Crippen molar-refractivity contribution >= 4 is 29.2 Å². The van der Waals surface area contributed by atoms with Gasteiger partial charge >= 0.3 is 17.9 Å². The fourth-order valence-electron chi connectivity index (χ4n) is 1.34. The van der Waals surface area contributed by atoms with Crippen LogP contribution in [0.3, 0.4) is 0 Å². The highest BCUT2D eigenvalue weighted by Gasteiger charge is 2.37. The molecule has 0 aromatic carbocycles. The first-order chi connectivity index (χ1) is 9.49. The lowest BCUT2D eigenvalue weighted by molar-refractivity contribution is -0.181. The maximum absolute atomic E-state index is 11.7. The third-order valence-corrected chi connectivity index (χ3v) is 3.20. The molecule has 0 spiro atoms. The third kappa shape index (κ3) is 4.32. The molecule has 0 aliphatic heterocycles. The molecule has 110 valence electrons. The Labute approximate surface area is 119 Å². The molecule has 0 radical (unpaired) electrons. The normalized spacial score (nSPS) is 13.2. The number of thiophene rings is 1. The van der Waals surface area contributed by atoms with Gasteiger partial charge in [0.2, 0.25) is 6.10 Å². The van der Waals surface area contributed by atoms with Crippen LogP contribution in [0.15, 0.2) is 17.5 Å². The maximum atomic E-state index is 11.7. The van der Waals surface area contributed by atoms with Gasteiger partial charge in [-0.25, -0.2) is 9.59 Å². The fraction of sp³-hybridized carbons (Fsp3) is 0.417. The number of carbonyl (C=O) groups is 3. The maximum Gasteiger partial charge on any atom is 0.350 e. The minimum atomic E-state index is -1.93. The summed E-state index contributed by atoms with van der Waals surface area (Å²) in [5, 5.41) is 11.4. The Morgan fingerprint density at radius 3 is 2.40 bits per heavy atom. The second-order valence-corrected chi connectivity index (χ2v) is 4.69. The summed E-state index contributed by atoms with van der Waals surface area (Å²) >= 11 is 1.34. The van der Waals surface area contributed by atoms with E-state index in [-0.39, 0.29) is 6.42 Å². The largest absolute Gasteiger partial charge is 0.467 e. The van der Waals surface area contributed by atoms with E-state index in [1.54, 1.807) is 17.5 Å². The molecule has 0 saturated heterocycles. The van der Waals surface area contributed by atoms with E-state index in [1.807, 2.05) is 0 Å². The summed E-state index contributed by atoms with van der Waals surface area (Å²) in [7, 11) is 2.08. The number of aliphatic hydroxyl groups is 1. The number of rotatable bonds is 6. The Morgan fingerprint density at radius 1 is 1.25 bits per heavy atom. The number of hydrogen-bond donors (Lipinski definition) is 1. The molecule has 1 aromatic rings. The molecule has 1 rings (SSSR count). The van der Waals surface area contributed by atoms with E-state index in [0.717, 1.165) is 19.1 Å². The van der Waals surface area contributed by atoms with E-state index in [4.69, 9.17) is 4.74 Å². The highest BCUT2D eigenvalue weighted by Crippen LogP contribution is 2.12. The summed E-state index contributed by atoms with van der Waals surface area (Å²) in [6.07, 6.45) is -3.75. The monoisotopic (exact) mass is 302 g/mol. The molecule has 0 saturated carbocycles. The zero-order chi connectivity index (χ0) is 15.1.